The number of carboxylic acids is 1. The summed E-state index contributed by atoms with van der Waals surface area (Å²) < 4.78 is 0. The number of aliphatic carboxylic acids is 1. The Morgan fingerprint density at radius 3 is 2.60 bits per heavy atom. The molecular formula is C14H22N2O3S. The van der Waals surface area contributed by atoms with Gasteiger partial charge in [0.25, 0.3) is 0 Å². The maximum Gasteiger partial charge on any atom is 0.305 e. The minimum atomic E-state index is -0.933. The molecule has 0 spiro atoms. The molecule has 0 aliphatic heterocycles. The van der Waals surface area contributed by atoms with E-state index >= 15 is 0 Å². The van der Waals surface area contributed by atoms with Gasteiger partial charge in [-0.05, 0) is 23.8 Å². The zero-order valence-corrected chi connectivity index (χ0v) is 12.7. The summed E-state index contributed by atoms with van der Waals surface area (Å²) in [5.74, 6) is -1.00. The normalized spacial score (nSPS) is 14.0. The van der Waals surface area contributed by atoms with E-state index in [1.807, 2.05) is 31.4 Å². The smallest absolute Gasteiger partial charge is 0.305 e. The van der Waals surface area contributed by atoms with Crippen LogP contribution in [-0.4, -0.2) is 23.5 Å². The molecule has 0 bridgehead atoms. The van der Waals surface area contributed by atoms with Crippen LogP contribution in [0.25, 0.3) is 0 Å². The van der Waals surface area contributed by atoms with E-state index in [9.17, 15) is 9.59 Å². The maximum atomic E-state index is 12.2. The first kappa shape index (κ1) is 16.7. The Balaban J connectivity index is 2.73. The van der Waals surface area contributed by atoms with Crippen molar-refractivity contribution in [3.63, 3.8) is 0 Å². The van der Waals surface area contributed by atoms with Crippen LogP contribution in [0.15, 0.2) is 17.5 Å². The molecular weight excluding hydrogens is 276 g/mol. The van der Waals surface area contributed by atoms with Gasteiger partial charge in [-0.2, -0.15) is 0 Å². The van der Waals surface area contributed by atoms with Crippen LogP contribution in [0.5, 0.6) is 0 Å². The molecule has 2 unspecified atom stereocenters. The molecule has 20 heavy (non-hydrogen) atoms. The fourth-order valence-corrected chi connectivity index (χ4v) is 2.83. The first-order chi connectivity index (χ1) is 9.43. The molecule has 5 nitrogen and oxygen atoms in total. The minimum Gasteiger partial charge on any atom is -0.481 e. The third kappa shape index (κ3) is 5.30. The van der Waals surface area contributed by atoms with Crippen molar-refractivity contribution in [1.82, 2.24) is 5.32 Å². The highest BCUT2D eigenvalue weighted by atomic mass is 32.1. The molecule has 1 aromatic heterocycles. The van der Waals surface area contributed by atoms with Crippen LogP contribution < -0.4 is 11.1 Å². The quantitative estimate of drug-likeness (QED) is 0.684. The second kappa shape index (κ2) is 8.01. The van der Waals surface area contributed by atoms with Gasteiger partial charge in [0.05, 0.1) is 18.4 Å². The van der Waals surface area contributed by atoms with E-state index in [2.05, 4.69) is 5.32 Å². The molecule has 1 rings (SSSR count). The van der Waals surface area contributed by atoms with E-state index < -0.39 is 12.0 Å². The second-order valence-electron chi connectivity index (χ2n) is 5.24. The van der Waals surface area contributed by atoms with Crippen LogP contribution in [0, 0.1) is 11.8 Å². The van der Waals surface area contributed by atoms with Crippen LogP contribution in [-0.2, 0) is 9.59 Å². The lowest BCUT2D eigenvalue weighted by atomic mass is 9.96. The van der Waals surface area contributed by atoms with E-state index in [0.29, 0.717) is 12.3 Å². The van der Waals surface area contributed by atoms with E-state index in [1.165, 1.54) is 11.3 Å². The third-order valence-corrected chi connectivity index (χ3v) is 3.98. The number of carbonyl (C=O) groups is 2. The molecule has 4 N–H and O–H groups in total. The van der Waals surface area contributed by atoms with E-state index in [-0.39, 0.29) is 24.8 Å². The number of nitrogens with two attached hydrogens (primary N) is 1. The molecule has 0 aliphatic rings. The molecule has 0 fully saturated rings. The van der Waals surface area contributed by atoms with Gasteiger partial charge in [-0.1, -0.05) is 19.9 Å². The standard InChI is InChI=1S/C14H22N2O3S/c1-9(2)6-10(8-15)14(19)16-11(7-13(17)18)12-4-3-5-20-12/h3-5,9-11H,6-8,15H2,1-2H3,(H,16,19)(H,17,18). The van der Waals surface area contributed by atoms with Crippen LogP contribution in [0.1, 0.15) is 37.6 Å². The number of rotatable bonds is 8. The SMILES string of the molecule is CC(C)CC(CN)C(=O)NC(CC(=O)O)c1cccs1. The van der Waals surface area contributed by atoms with Crippen molar-refractivity contribution in [1.29, 1.82) is 0 Å². The molecule has 0 saturated carbocycles. The van der Waals surface area contributed by atoms with Gasteiger partial charge >= 0.3 is 5.97 Å². The minimum absolute atomic E-state index is 0.120. The molecule has 0 aromatic carbocycles. The van der Waals surface area contributed by atoms with E-state index in [1.54, 1.807) is 0 Å². The first-order valence-corrected chi connectivity index (χ1v) is 7.57. The Hall–Kier alpha value is -1.40. The summed E-state index contributed by atoms with van der Waals surface area (Å²) in [6, 6.07) is 3.19. The van der Waals surface area contributed by atoms with Gasteiger partial charge < -0.3 is 16.2 Å². The van der Waals surface area contributed by atoms with Crippen molar-refractivity contribution in [2.24, 2.45) is 17.6 Å². The van der Waals surface area contributed by atoms with Crippen LogP contribution in [0.2, 0.25) is 0 Å². The van der Waals surface area contributed by atoms with Crippen LogP contribution in [0.4, 0.5) is 0 Å². The van der Waals surface area contributed by atoms with Crippen molar-refractivity contribution in [2.75, 3.05) is 6.54 Å². The first-order valence-electron chi connectivity index (χ1n) is 6.69. The van der Waals surface area contributed by atoms with Crippen molar-refractivity contribution < 1.29 is 14.7 Å². The average Bonchev–Trinajstić information content (AvgIpc) is 2.87. The van der Waals surface area contributed by atoms with Gasteiger partial charge in [0, 0.05) is 11.4 Å². The summed E-state index contributed by atoms with van der Waals surface area (Å²) in [7, 11) is 0. The average molecular weight is 298 g/mol. The zero-order valence-electron chi connectivity index (χ0n) is 11.8. The predicted octanol–water partition coefficient (Wildman–Crippen LogP) is 2.00. The van der Waals surface area contributed by atoms with Gasteiger partial charge in [0.2, 0.25) is 5.91 Å². The van der Waals surface area contributed by atoms with Crippen molar-refractivity contribution in [2.45, 2.75) is 32.7 Å². The van der Waals surface area contributed by atoms with Gasteiger partial charge in [-0.15, -0.1) is 11.3 Å². The number of thiophene rings is 1. The summed E-state index contributed by atoms with van der Waals surface area (Å²) in [6.45, 7) is 4.34. The lowest BCUT2D eigenvalue weighted by molar-refractivity contribution is -0.137. The number of hydrogen-bond donors (Lipinski definition) is 3. The number of carboxylic acid groups (broad SMARTS) is 1. The van der Waals surface area contributed by atoms with Crippen LogP contribution >= 0.6 is 11.3 Å². The van der Waals surface area contributed by atoms with Crippen LogP contribution in [0.3, 0.4) is 0 Å². The lowest BCUT2D eigenvalue weighted by Gasteiger charge is -2.21. The lowest BCUT2D eigenvalue weighted by Crippen LogP contribution is -2.38. The predicted molar refractivity (Wildman–Crippen MR) is 79.5 cm³/mol. The molecule has 1 heterocycles. The number of hydrogen-bond acceptors (Lipinski definition) is 4. The largest absolute Gasteiger partial charge is 0.481 e. The van der Waals surface area contributed by atoms with Gasteiger partial charge in [0.1, 0.15) is 0 Å². The van der Waals surface area contributed by atoms with Crippen molar-refractivity contribution in [3.05, 3.63) is 22.4 Å². The summed E-state index contributed by atoms with van der Waals surface area (Å²) in [4.78, 5) is 24.0. The summed E-state index contributed by atoms with van der Waals surface area (Å²) in [5, 5.41) is 13.6. The second-order valence-corrected chi connectivity index (χ2v) is 6.22. The Morgan fingerprint density at radius 2 is 2.15 bits per heavy atom. The number of carbonyl (C=O) groups excluding carboxylic acids is 1. The Labute approximate surface area is 123 Å². The fraction of sp³-hybridized carbons (Fsp3) is 0.571. The maximum absolute atomic E-state index is 12.2. The molecule has 0 aliphatic carbocycles. The highest BCUT2D eigenvalue weighted by Gasteiger charge is 2.24. The third-order valence-electron chi connectivity index (χ3n) is 2.99. The van der Waals surface area contributed by atoms with Crippen molar-refractivity contribution in [3.8, 4) is 0 Å². The summed E-state index contributed by atoms with van der Waals surface area (Å²) >= 11 is 1.44. The van der Waals surface area contributed by atoms with E-state index in [4.69, 9.17) is 10.8 Å². The van der Waals surface area contributed by atoms with Gasteiger partial charge in [-0.25, -0.2) is 0 Å². The fourth-order valence-electron chi connectivity index (χ4n) is 2.06. The highest BCUT2D eigenvalue weighted by Crippen LogP contribution is 2.23. The molecule has 1 amide bonds. The molecule has 6 heteroatoms. The number of nitrogens with one attached hydrogen (secondary N) is 1. The highest BCUT2D eigenvalue weighted by molar-refractivity contribution is 7.10. The molecule has 0 radical (unpaired) electrons. The molecule has 0 saturated heterocycles. The van der Waals surface area contributed by atoms with Gasteiger partial charge in [0.15, 0.2) is 0 Å². The number of amides is 1. The Kier molecular flexibility index (Phi) is 6.67. The molecule has 1 aromatic rings. The van der Waals surface area contributed by atoms with Gasteiger partial charge in [-0.3, -0.25) is 9.59 Å². The summed E-state index contributed by atoms with van der Waals surface area (Å²) in [6.07, 6.45) is 0.581. The topological polar surface area (TPSA) is 92.4 Å². The zero-order chi connectivity index (χ0) is 15.1. The van der Waals surface area contributed by atoms with E-state index in [0.717, 1.165) is 4.88 Å². The molecule has 112 valence electrons. The molecule has 2 atom stereocenters. The Bertz CT molecular complexity index is 432. The Morgan fingerprint density at radius 1 is 1.45 bits per heavy atom. The van der Waals surface area contributed by atoms with Crippen molar-refractivity contribution >= 4 is 23.2 Å². The monoisotopic (exact) mass is 298 g/mol. The summed E-state index contributed by atoms with van der Waals surface area (Å²) in [5.41, 5.74) is 5.64.